The molecule has 2 heterocycles. The predicted molar refractivity (Wildman–Crippen MR) is 126 cm³/mol. The van der Waals surface area contributed by atoms with E-state index in [-0.39, 0.29) is 42.5 Å². The van der Waals surface area contributed by atoms with Crippen molar-refractivity contribution in [3.63, 3.8) is 0 Å². The number of allylic oxidation sites excluding steroid dienone is 2. The molecule has 0 spiro atoms. The summed E-state index contributed by atoms with van der Waals surface area (Å²) in [5.74, 6) is -1.77. The third-order valence-electron chi connectivity index (χ3n) is 6.98. The van der Waals surface area contributed by atoms with Crippen LogP contribution >= 0.6 is 0 Å². The number of para-hydroxylation sites is 1. The van der Waals surface area contributed by atoms with Gasteiger partial charge in [-0.25, -0.2) is 4.90 Å². The van der Waals surface area contributed by atoms with Gasteiger partial charge in [0.25, 0.3) is 0 Å². The number of rotatable bonds is 4. The maximum absolute atomic E-state index is 13.0. The van der Waals surface area contributed by atoms with Crippen LogP contribution in [-0.4, -0.2) is 30.2 Å². The summed E-state index contributed by atoms with van der Waals surface area (Å²) in [4.78, 5) is 54.1. The van der Waals surface area contributed by atoms with Crippen molar-refractivity contribution >= 4 is 35.1 Å². The van der Waals surface area contributed by atoms with E-state index < -0.39 is 11.9 Å². The molecule has 0 bridgehead atoms. The molecule has 3 aliphatic rings. The van der Waals surface area contributed by atoms with Crippen molar-refractivity contribution < 1.29 is 23.9 Å². The fraction of sp³-hybridized carbons (Fsp3) is 0.333. The van der Waals surface area contributed by atoms with E-state index in [2.05, 4.69) is 0 Å². The number of hydrogen-bond acceptors (Lipinski definition) is 5. The maximum atomic E-state index is 13.0. The van der Waals surface area contributed by atoms with Crippen LogP contribution < -0.4 is 14.5 Å². The molecule has 3 atom stereocenters. The molecule has 0 saturated carbocycles. The van der Waals surface area contributed by atoms with Crippen LogP contribution in [0.2, 0.25) is 0 Å². The third-order valence-corrected chi connectivity index (χ3v) is 6.98. The summed E-state index contributed by atoms with van der Waals surface area (Å²) >= 11 is 0. The summed E-state index contributed by atoms with van der Waals surface area (Å²) in [5.41, 5.74) is 3.09. The second-order valence-electron chi connectivity index (χ2n) is 9.33. The molecule has 7 nitrogen and oxygen atoms in total. The van der Waals surface area contributed by atoms with Gasteiger partial charge in [0.05, 0.1) is 23.4 Å². The molecule has 3 amide bonds. The van der Waals surface area contributed by atoms with Crippen LogP contribution in [0.4, 0.5) is 11.4 Å². The highest BCUT2D eigenvalue weighted by Gasteiger charge is 2.49. The average Bonchev–Trinajstić information content (AvgIpc) is 3.32. The molecule has 1 aliphatic carbocycles. The van der Waals surface area contributed by atoms with E-state index in [0.717, 1.165) is 11.3 Å². The first-order valence-corrected chi connectivity index (χ1v) is 11.5. The Kier molecular flexibility index (Phi) is 5.55. The predicted octanol–water partition coefficient (Wildman–Crippen LogP) is 3.80. The number of fused-ring (bicyclic) bond motifs is 1. The van der Waals surface area contributed by atoms with E-state index >= 15 is 0 Å². The van der Waals surface area contributed by atoms with Crippen molar-refractivity contribution in [3.05, 3.63) is 65.7 Å². The van der Waals surface area contributed by atoms with E-state index in [9.17, 15) is 19.2 Å². The molecular formula is C27H26N2O5. The van der Waals surface area contributed by atoms with Crippen LogP contribution in [0.5, 0.6) is 5.75 Å². The van der Waals surface area contributed by atoms with Crippen LogP contribution in [0.25, 0.3) is 0 Å². The topological polar surface area (TPSA) is 84.0 Å². The fourth-order valence-electron chi connectivity index (χ4n) is 5.14. The molecule has 0 N–H and O–H groups in total. The first kappa shape index (κ1) is 22.1. The lowest BCUT2D eigenvalue weighted by Crippen LogP contribution is -2.31. The van der Waals surface area contributed by atoms with Crippen LogP contribution in [-0.2, 0) is 19.2 Å². The van der Waals surface area contributed by atoms with Crippen LogP contribution in [0, 0.1) is 24.7 Å². The molecule has 0 aromatic heterocycles. The Bertz CT molecular complexity index is 1220. The quantitative estimate of drug-likeness (QED) is 0.301. The van der Waals surface area contributed by atoms with Gasteiger partial charge >= 0.3 is 5.97 Å². The molecule has 34 heavy (non-hydrogen) atoms. The van der Waals surface area contributed by atoms with E-state index in [1.807, 2.05) is 43.3 Å². The van der Waals surface area contributed by atoms with Crippen LogP contribution in [0.1, 0.15) is 31.7 Å². The SMILES string of the molecule is CC1=CC[C@@H]2C(=O)N(c3ccc(OC(=O)[C@H]4CC(=O)N(c5ccccc5)C4)cc3C)C(=O)[C@H]2C1. The minimum absolute atomic E-state index is 0.0950. The lowest BCUT2D eigenvalue weighted by Gasteiger charge is -2.19. The number of ether oxygens (including phenoxy) is 1. The number of imide groups is 1. The van der Waals surface area contributed by atoms with Gasteiger partial charge in [-0.2, -0.15) is 0 Å². The Hall–Kier alpha value is -3.74. The largest absolute Gasteiger partial charge is 0.426 e. The van der Waals surface area contributed by atoms with Gasteiger partial charge in [0.1, 0.15) is 5.75 Å². The van der Waals surface area contributed by atoms with Gasteiger partial charge in [-0.3, -0.25) is 19.2 Å². The Morgan fingerprint density at radius 2 is 1.68 bits per heavy atom. The van der Waals surface area contributed by atoms with Crippen molar-refractivity contribution in [2.24, 2.45) is 17.8 Å². The smallest absolute Gasteiger partial charge is 0.316 e. The summed E-state index contributed by atoms with van der Waals surface area (Å²) in [6, 6.07) is 14.1. The molecule has 5 rings (SSSR count). The number of carbonyl (C=O) groups excluding carboxylic acids is 4. The van der Waals surface area contributed by atoms with E-state index in [4.69, 9.17) is 4.74 Å². The molecule has 2 aromatic rings. The maximum Gasteiger partial charge on any atom is 0.316 e. The highest BCUT2D eigenvalue weighted by atomic mass is 16.5. The highest BCUT2D eigenvalue weighted by Crippen LogP contribution is 2.41. The third kappa shape index (κ3) is 3.81. The summed E-state index contributed by atoms with van der Waals surface area (Å²) in [7, 11) is 0. The number of anilines is 2. The number of amides is 3. The van der Waals surface area contributed by atoms with Crippen LogP contribution in [0.3, 0.4) is 0 Å². The van der Waals surface area contributed by atoms with Gasteiger partial charge < -0.3 is 9.64 Å². The summed E-state index contributed by atoms with van der Waals surface area (Å²) < 4.78 is 5.58. The fourth-order valence-corrected chi connectivity index (χ4v) is 5.14. The van der Waals surface area contributed by atoms with Crippen molar-refractivity contribution in [1.29, 1.82) is 0 Å². The first-order chi connectivity index (χ1) is 16.3. The summed E-state index contributed by atoms with van der Waals surface area (Å²) in [6.07, 6.45) is 3.34. The second-order valence-corrected chi connectivity index (χ2v) is 9.33. The van der Waals surface area contributed by atoms with E-state index in [0.29, 0.717) is 29.8 Å². The van der Waals surface area contributed by atoms with Crippen molar-refractivity contribution in [2.75, 3.05) is 16.3 Å². The van der Waals surface area contributed by atoms with Crippen LogP contribution in [0.15, 0.2) is 60.2 Å². The standard InChI is InChI=1S/C27H26N2O5/c1-16-8-10-21-22(12-16)26(32)29(25(21)31)23-11-9-20(13-17(23)2)34-27(33)18-14-24(30)28(15-18)19-6-4-3-5-7-19/h3-9,11,13,18,21-22H,10,12,14-15H2,1-2H3/t18-,21-,22-/m0/s1. The van der Waals surface area contributed by atoms with Crippen molar-refractivity contribution in [1.82, 2.24) is 0 Å². The molecule has 174 valence electrons. The number of carbonyl (C=O) groups is 4. The first-order valence-electron chi connectivity index (χ1n) is 11.5. The number of nitrogens with zero attached hydrogens (tertiary/aromatic N) is 2. The molecule has 0 radical (unpaired) electrons. The summed E-state index contributed by atoms with van der Waals surface area (Å²) in [6.45, 7) is 4.04. The number of benzene rings is 2. The number of hydrogen-bond donors (Lipinski definition) is 0. The van der Waals surface area contributed by atoms with Gasteiger partial charge in [-0.1, -0.05) is 29.8 Å². The lowest BCUT2D eigenvalue weighted by atomic mass is 9.82. The van der Waals surface area contributed by atoms with Gasteiger partial charge in [-0.05, 0) is 62.6 Å². The Morgan fingerprint density at radius 3 is 2.41 bits per heavy atom. The zero-order chi connectivity index (χ0) is 24.0. The molecule has 0 unspecified atom stereocenters. The second kappa shape index (κ2) is 8.56. The molecule has 2 aliphatic heterocycles. The molecule has 7 heteroatoms. The lowest BCUT2D eigenvalue weighted by molar-refractivity contribution is -0.139. The van der Waals surface area contributed by atoms with Gasteiger partial charge in [-0.15, -0.1) is 0 Å². The van der Waals surface area contributed by atoms with Crippen molar-refractivity contribution in [2.45, 2.75) is 33.1 Å². The van der Waals surface area contributed by atoms with Gasteiger partial charge in [0.15, 0.2) is 0 Å². The number of aryl methyl sites for hydroxylation is 1. The minimum Gasteiger partial charge on any atom is -0.426 e. The van der Waals surface area contributed by atoms with Gasteiger partial charge in [0.2, 0.25) is 17.7 Å². The molecule has 2 saturated heterocycles. The average molecular weight is 459 g/mol. The Morgan fingerprint density at radius 1 is 0.941 bits per heavy atom. The molecule has 2 fully saturated rings. The monoisotopic (exact) mass is 458 g/mol. The van der Waals surface area contributed by atoms with E-state index in [1.54, 1.807) is 30.0 Å². The Balaban J connectivity index is 1.28. The Labute approximate surface area is 198 Å². The zero-order valence-electron chi connectivity index (χ0n) is 19.2. The molecule has 2 aromatic carbocycles. The molecular weight excluding hydrogens is 432 g/mol. The number of esters is 1. The van der Waals surface area contributed by atoms with Gasteiger partial charge in [0, 0.05) is 18.7 Å². The van der Waals surface area contributed by atoms with E-state index in [1.165, 1.54) is 4.90 Å². The van der Waals surface area contributed by atoms with Crippen molar-refractivity contribution in [3.8, 4) is 5.75 Å². The highest BCUT2D eigenvalue weighted by molar-refractivity contribution is 6.22. The minimum atomic E-state index is -0.562. The summed E-state index contributed by atoms with van der Waals surface area (Å²) in [5, 5.41) is 0. The normalized spacial score (nSPS) is 24.4. The zero-order valence-corrected chi connectivity index (χ0v) is 19.2.